The zero-order chi connectivity index (χ0) is 22.2. The van der Waals surface area contributed by atoms with Crippen LogP contribution in [0.25, 0.3) is 11.0 Å². The van der Waals surface area contributed by atoms with Crippen molar-refractivity contribution in [3.05, 3.63) is 33.2 Å². The van der Waals surface area contributed by atoms with Gasteiger partial charge in [-0.1, -0.05) is 0 Å². The van der Waals surface area contributed by atoms with Gasteiger partial charge in [0.2, 0.25) is 0 Å². The highest BCUT2D eigenvalue weighted by Gasteiger charge is 2.39. The number of carboxylic acids is 1. The van der Waals surface area contributed by atoms with Crippen molar-refractivity contribution >= 4 is 17.0 Å². The average Bonchev–Trinajstić information content (AvgIpc) is 2.69. The topological polar surface area (TPSA) is 146 Å². The summed E-state index contributed by atoms with van der Waals surface area (Å²) in [6, 6.07) is 1.06. The number of aliphatic hydroxyl groups is 1. The smallest absolute Gasteiger partial charge is 0.433 e. The summed E-state index contributed by atoms with van der Waals surface area (Å²) >= 11 is 0. The van der Waals surface area contributed by atoms with Gasteiger partial charge in [-0.25, -0.2) is 4.98 Å². The van der Waals surface area contributed by atoms with Crippen LogP contribution < -0.4 is 16.2 Å². The fourth-order valence-electron chi connectivity index (χ4n) is 3.31. The summed E-state index contributed by atoms with van der Waals surface area (Å²) in [7, 11) is 1.13. The molecular weight excluding hydrogens is 413 g/mol. The number of ether oxygens (including phenoxy) is 1. The Morgan fingerprint density at radius 2 is 2.20 bits per heavy atom. The maximum absolute atomic E-state index is 13.7. The molecule has 1 fully saturated rings. The summed E-state index contributed by atoms with van der Waals surface area (Å²) < 4.78 is 46.9. The molecule has 3 heterocycles. The third-order valence-corrected chi connectivity index (χ3v) is 4.74. The lowest BCUT2D eigenvalue weighted by Gasteiger charge is -2.26. The number of halogens is 3. The fourth-order valence-corrected chi connectivity index (χ4v) is 3.31. The minimum absolute atomic E-state index is 0.00849. The molecule has 30 heavy (non-hydrogen) atoms. The molecule has 0 aliphatic carbocycles. The molecule has 5 N–H and O–H groups in total. The van der Waals surface area contributed by atoms with Crippen molar-refractivity contribution in [1.82, 2.24) is 20.2 Å². The van der Waals surface area contributed by atoms with E-state index in [9.17, 15) is 33.0 Å². The van der Waals surface area contributed by atoms with Crippen molar-refractivity contribution in [2.24, 2.45) is 7.05 Å². The Morgan fingerprint density at radius 1 is 1.50 bits per heavy atom. The molecule has 1 aliphatic heterocycles. The number of carbonyl (C=O) groups is 1. The summed E-state index contributed by atoms with van der Waals surface area (Å²) in [6.07, 6.45) is -6.69. The van der Waals surface area contributed by atoms with Crippen LogP contribution in [0.15, 0.2) is 10.9 Å². The number of alkyl halides is 3. The van der Waals surface area contributed by atoms with Gasteiger partial charge >= 0.3 is 12.1 Å². The minimum atomic E-state index is -4.83. The highest BCUT2D eigenvalue weighted by Crippen LogP contribution is 2.38. The minimum Gasteiger partial charge on any atom is -0.507 e. The molecule has 10 nitrogen and oxygen atoms in total. The van der Waals surface area contributed by atoms with E-state index in [1.165, 1.54) is 0 Å². The number of hydrogen-bond donors (Lipinski definition) is 5. The van der Waals surface area contributed by atoms with Crippen molar-refractivity contribution in [2.45, 2.75) is 18.3 Å². The molecular formula is C17H19F3N4O6. The number of pyridine rings is 2. The van der Waals surface area contributed by atoms with Crippen LogP contribution in [0, 0.1) is 0 Å². The van der Waals surface area contributed by atoms with E-state index < -0.39 is 59.0 Å². The quantitative estimate of drug-likeness (QED) is 0.412. The van der Waals surface area contributed by atoms with Gasteiger partial charge < -0.3 is 20.1 Å². The number of aromatic nitrogens is 2. The molecule has 2 aromatic heterocycles. The lowest BCUT2D eigenvalue weighted by Crippen LogP contribution is -2.35. The predicted octanol–water partition coefficient (Wildman–Crippen LogP) is -0.0161. The Balaban J connectivity index is 2.24. The van der Waals surface area contributed by atoms with Crippen molar-refractivity contribution in [3.63, 3.8) is 0 Å². The summed E-state index contributed by atoms with van der Waals surface area (Å²) in [5.74, 6) is -2.83. The van der Waals surface area contributed by atoms with Crippen LogP contribution in [0.5, 0.6) is 5.75 Å². The van der Waals surface area contributed by atoms with Gasteiger partial charge in [0.15, 0.2) is 5.69 Å². The lowest BCUT2D eigenvalue weighted by molar-refractivity contribution is -0.142. The Morgan fingerprint density at radius 3 is 2.77 bits per heavy atom. The second-order valence-corrected chi connectivity index (χ2v) is 6.76. The number of aliphatic hydroxyl groups excluding tert-OH is 1. The molecule has 2 unspecified atom stereocenters. The molecule has 0 spiro atoms. The largest absolute Gasteiger partial charge is 0.507 e. The van der Waals surface area contributed by atoms with Crippen molar-refractivity contribution in [3.8, 4) is 5.75 Å². The van der Waals surface area contributed by atoms with E-state index in [-0.39, 0.29) is 30.8 Å². The van der Waals surface area contributed by atoms with Crippen molar-refractivity contribution in [1.29, 1.82) is 0 Å². The van der Waals surface area contributed by atoms with E-state index >= 15 is 0 Å². The van der Waals surface area contributed by atoms with Gasteiger partial charge in [0, 0.05) is 19.5 Å². The zero-order valence-corrected chi connectivity index (χ0v) is 15.7. The molecule has 0 radical (unpaired) electrons. The number of rotatable bonds is 5. The van der Waals surface area contributed by atoms with Gasteiger partial charge in [0.1, 0.15) is 23.2 Å². The predicted molar refractivity (Wildman–Crippen MR) is 95.8 cm³/mol. The lowest BCUT2D eigenvalue weighted by atomic mass is 9.95. The first-order valence-electron chi connectivity index (χ1n) is 8.77. The molecule has 1 saturated heterocycles. The summed E-state index contributed by atoms with van der Waals surface area (Å²) in [5, 5.41) is 34.2. The SMILES string of the molecule is Cn1c(=O)c(C(O)NCC(=O)O)c(O)c2cc(C3CNCOC3)c(C(F)(F)F)nc21. The van der Waals surface area contributed by atoms with Gasteiger partial charge in [-0.3, -0.25) is 24.8 Å². The molecule has 0 saturated carbocycles. The summed E-state index contributed by atoms with van der Waals surface area (Å²) in [6.45, 7) is -0.364. The van der Waals surface area contributed by atoms with E-state index in [4.69, 9.17) is 9.84 Å². The Bertz CT molecular complexity index is 1030. The third-order valence-electron chi connectivity index (χ3n) is 4.74. The molecule has 2 atom stereocenters. The molecule has 164 valence electrons. The van der Waals surface area contributed by atoms with E-state index in [1.54, 1.807) is 0 Å². The molecule has 2 aromatic rings. The normalized spacial score (nSPS) is 18.5. The Labute approximate surface area is 166 Å². The number of aromatic hydroxyl groups is 1. The number of nitrogens with zero attached hydrogens (tertiary/aromatic N) is 2. The van der Waals surface area contributed by atoms with E-state index in [1.807, 2.05) is 0 Å². The van der Waals surface area contributed by atoms with Gasteiger partial charge in [-0.05, 0) is 11.6 Å². The first-order valence-corrected chi connectivity index (χ1v) is 8.77. The molecule has 1 aliphatic rings. The number of aryl methyl sites for hydroxylation is 1. The van der Waals surface area contributed by atoms with E-state index in [0.717, 1.165) is 17.7 Å². The van der Waals surface area contributed by atoms with Gasteiger partial charge in [0.25, 0.3) is 5.56 Å². The van der Waals surface area contributed by atoms with Gasteiger partial charge in [-0.2, -0.15) is 13.2 Å². The highest BCUT2D eigenvalue weighted by atomic mass is 19.4. The maximum Gasteiger partial charge on any atom is 0.433 e. The molecule has 0 bridgehead atoms. The van der Waals surface area contributed by atoms with Crippen LogP contribution >= 0.6 is 0 Å². The van der Waals surface area contributed by atoms with Crippen LogP contribution in [0.4, 0.5) is 13.2 Å². The van der Waals surface area contributed by atoms with Gasteiger partial charge in [-0.15, -0.1) is 0 Å². The number of hydrogen-bond acceptors (Lipinski definition) is 8. The third kappa shape index (κ3) is 4.09. The standard InChI is InChI=1S/C17H19F3N4O6/c1-24-14-9(12(27)11(16(24)29)15(28)22-4-10(25)26)2-8(7-3-21-6-30-5-7)13(23-14)17(18,19)20/h2,7,15,21-22,27-28H,3-6H2,1H3,(H,25,26). The van der Waals surface area contributed by atoms with Crippen molar-refractivity contribution < 1.29 is 38.0 Å². The first kappa shape index (κ1) is 22.0. The Hall–Kier alpha value is -2.74. The van der Waals surface area contributed by atoms with E-state index in [2.05, 4.69) is 15.6 Å². The number of aliphatic carboxylic acids is 1. The molecule has 13 heteroatoms. The van der Waals surface area contributed by atoms with Crippen LogP contribution in [0.2, 0.25) is 0 Å². The average molecular weight is 432 g/mol. The number of carboxylic acid groups (broad SMARTS) is 1. The second kappa shape index (κ2) is 8.18. The summed E-state index contributed by atoms with van der Waals surface area (Å²) in [4.78, 5) is 26.8. The Kier molecular flexibility index (Phi) is 5.99. The van der Waals surface area contributed by atoms with Crippen molar-refractivity contribution in [2.75, 3.05) is 26.4 Å². The van der Waals surface area contributed by atoms with Crippen LogP contribution in [0.3, 0.4) is 0 Å². The molecule has 3 rings (SSSR count). The second-order valence-electron chi connectivity index (χ2n) is 6.76. The van der Waals surface area contributed by atoms with Crippen LogP contribution in [-0.4, -0.2) is 57.3 Å². The summed E-state index contributed by atoms with van der Waals surface area (Å²) in [5.41, 5.74) is -3.51. The maximum atomic E-state index is 13.7. The van der Waals surface area contributed by atoms with Crippen LogP contribution in [0.1, 0.15) is 29.0 Å². The number of fused-ring (bicyclic) bond motifs is 1. The van der Waals surface area contributed by atoms with Crippen LogP contribution in [-0.2, 0) is 22.8 Å². The highest BCUT2D eigenvalue weighted by molar-refractivity contribution is 5.84. The number of nitrogens with one attached hydrogen (secondary N) is 2. The van der Waals surface area contributed by atoms with Gasteiger partial charge in [0.05, 0.1) is 25.3 Å². The molecule has 0 amide bonds. The fraction of sp³-hybridized carbons (Fsp3) is 0.471. The molecule has 0 aromatic carbocycles. The van der Waals surface area contributed by atoms with E-state index in [0.29, 0.717) is 0 Å². The zero-order valence-electron chi connectivity index (χ0n) is 15.7. The first-order chi connectivity index (χ1) is 14.0. The monoisotopic (exact) mass is 432 g/mol.